The number of fused-ring (bicyclic) bond motifs is 1. The van der Waals surface area contributed by atoms with E-state index in [0.717, 1.165) is 34.9 Å². The van der Waals surface area contributed by atoms with Crippen molar-refractivity contribution in [3.05, 3.63) is 89.5 Å². The van der Waals surface area contributed by atoms with Crippen LogP contribution in [0.25, 0.3) is 0 Å². The number of carbonyl (C=O) groups is 1. The molecule has 3 aromatic carbocycles. The number of rotatable bonds is 7. The van der Waals surface area contributed by atoms with Crippen molar-refractivity contribution in [2.45, 2.75) is 32.5 Å². The molecule has 1 atom stereocenters. The third-order valence-electron chi connectivity index (χ3n) is 5.56. The van der Waals surface area contributed by atoms with Gasteiger partial charge in [0.2, 0.25) is 5.91 Å². The second kappa shape index (κ2) is 9.56. The summed E-state index contributed by atoms with van der Waals surface area (Å²) < 4.78 is 11.2. The highest BCUT2D eigenvalue weighted by Gasteiger charge is 2.29. The maximum absolute atomic E-state index is 12.8. The quantitative estimate of drug-likeness (QED) is 0.617. The van der Waals surface area contributed by atoms with Crippen molar-refractivity contribution in [3.8, 4) is 11.5 Å². The number of hydrogen-bond donors (Lipinski definition) is 1. The molecule has 1 aliphatic rings. The van der Waals surface area contributed by atoms with Gasteiger partial charge in [-0.25, -0.2) is 0 Å². The number of ether oxygens (including phenoxy) is 2. The molecule has 5 nitrogen and oxygen atoms in total. The average Bonchev–Trinajstić information content (AvgIpc) is 2.80. The van der Waals surface area contributed by atoms with Crippen LogP contribution in [0.15, 0.2) is 72.8 Å². The number of hydrogen-bond acceptors (Lipinski definition) is 4. The van der Waals surface area contributed by atoms with Gasteiger partial charge in [0.25, 0.3) is 0 Å². The second-order valence-corrected chi connectivity index (χ2v) is 7.88. The highest BCUT2D eigenvalue weighted by atomic mass is 16.5. The zero-order valence-corrected chi connectivity index (χ0v) is 18.0. The van der Waals surface area contributed by atoms with E-state index in [0.29, 0.717) is 19.6 Å². The van der Waals surface area contributed by atoms with Crippen LogP contribution in [0.5, 0.6) is 11.5 Å². The van der Waals surface area contributed by atoms with E-state index in [1.165, 1.54) is 5.56 Å². The third kappa shape index (κ3) is 5.18. The smallest absolute Gasteiger partial charge is 0.222 e. The summed E-state index contributed by atoms with van der Waals surface area (Å²) in [6, 6.07) is 24.3. The molecule has 1 N–H and O–H groups in total. The number of carbonyl (C=O) groups excluding carboxylic acids is 1. The molecule has 0 fully saturated rings. The number of aryl methyl sites for hydroxylation is 1. The Morgan fingerprint density at radius 3 is 2.58 bits per heavy atom. The van der Waals surface area contributed by atoms with E-state index in [-0.39, 0.29) is 11.9 Å². The SMILES string of the molecule is COc1ccc(CNC(=O)C[C@H]2COc3cc(C)ccc3N2Cc2ccccc2)cc1. The van der Waals surface area contributed by atoms with E-state index in [9.17, 15) is 4.79 Å². The summed E-state index contributed by atoms with van der Waals surface area (Å²) in [6.07, 6.45) is 0.371. The lowest BCUT2D eigenvalue weighted by Crippen LogP contribution is -2.45. The number of nitrogens with zero attached hydrogens (tertiary/aromatic N) is 1. The molecule has 160 valence electrons. The van der Waals surface area contributed by atoms with Crippen LogP contribution in [0.2, 0.25) is 0 Å². The Kier molecular flexibility index (Phi) is 6.41. The molecule has 0 aliphatic carbocycles. The van der Waals surface area contributed by atoms with Crippen LogP contribution in [-0.4, -0.2) is 25.7 Å². The Labute approximate surface area is 183 Å². The van der Waals surface area contributed by atoms with Crippen molar-refractivity contribution in [1.29, 1.82) is 0 Å². The fourth-order valence-corrected chi connectivity index (χ4v) is 3.84. The fraction of sp³-hybridized carbons (Fsp3) is 0.269. The molecule has 0 saturated carbocycles. The van der Waals surface area contributed by atoms with Gasteiger partial charge >= 0.3 is 0 Å². The summed E-state index contributed by atoms with van der Waals surface area (Å²) in [6.45, 7) is 3.77. The first-order valence-electron chi connectivity index (χ1n) is 10.6. The van der Waals surface area contributed by atoms with Crippen molar-refractivity contribution in [1.82, 2.24) is 5.32 Å². The van der Waals surface area contributed by atoms with Gasteiger partial charge in [0.05, 0.1) is 25.3 Å². The number of nitrogens with one attached hydrogen (secondary N) is 1. The molecule has 0 saturated heterocycles. The predicted octanol–water partition coefficient (Wildman–Crippen LogP) is 4.48. The Balaban J connectivity index is 1.45. The van der Waals surface area contributed by atoms with Gasteiger partial charge in [-0.1, -0.05) is 48.5 Å². The molecule has 0 unspecified atom stereocenters. The van der Waals surface area contributed by atoms with E-state index >= 15 is 0 Å². The van der Waals surface area contributed by atoms with Gasteiger partial charge in [-0.2, -0.15) is 0 Å². The van der Waals surface area contributed by atoms with Crippen molar-refractivity contribution in [3.63, 3.8) is 0 Å². The van der Waals surface area contributed by atoms with Crippen LogP contribution >= 0.6 is 0 Å². The Bertz CT molecular complexity index is 1020. The zero-order valence-electron chi connectivity index (χ0n) is 18.0. The standard InChI is InChI=1S/C26H28N2O3/c1-19-8-13-24-25(14-19)31-18-22(28(24)17-21-6-4-3-5-7-21)15-26(29)27-16-20-9-11-23(30-2)12-10-20/h3-14,22H,15-18H2,1-2H3,(H,27,29)/t22-/m0/s1. The van der Waals surface area contributed by atoms with Crippen LogP contribution in [0.3, 0.4) is 0 Å². The minimum absolute atomic E-state index is 0.0121. The minimum Gasteiger partial charge on any atom is -0.497 e. The van der Waals surface area contributed by atoms with Crippen LogP contribution < -0.4 is 19.7 Å². The Morgan fingerprint density at radius 1 is 1.06 bits per heavy atom. The normalized spacial score (nSPS) is 15.0. The van der Waals surface area contributed by atoms with E-state index in [4.69, 9.17) is 9.47 Å². The summed E-state index contributed by atoms with van der Waals surface area (Å²) in [5, 5.41) is 3.04. The molecular formula is C26H28N2O3. The lowest BCUT2D eigenvalue weighted by molar-refractivity contribution is -0.121. The highest BCUT2D eigenvalue weighted by Crippen LogP contribution is 2.36. The monoisotopic (exact) mass is 416 g/mol. The van der Waals surface area contributed by atoms with Crippen molar-refractivity contribution in [2.75, 3.05) is 18.6 Å². The first-order chi connectivity index (χ1) is 15.1. The Morgan fingerprint density at radius 2 is 1.84 bits per heavy atom. The maximum atomic E-state index is 12.8. The highest BCUT2D eigenvalue weighted by molar-refractivity contribution is 5.77. The molecule has 3 aromatic rings. The largest absolute Gasteiger partial charge is 0.497 e. The van der Waals surface area contributed by atoms with Gasteiger partial charge in [-0.3, -0.25) is 4.79 Å². The Hall–Kier alpha value is -3.47. The van der Waals surface area contributed by atoms with E-state index in [2.05, 4.69) is 47.5 Å². The molecule has 0 aromatic heterocycles. The van der Waals surface area contributed by atoms with Crippen LogP contribution in [0.4, 0.5) is 5.69 Å². The van der Waals surface area contributed by atoms with Gasteiger partial charge in [-0.05, 0) is 47.9 Å². The number of amides is 1. The molecule has 0 bridgehead atoms. The first kappa shape index (κ1) is 20.8. The van der Waals surface area contributed by atoms with Crippen LogP contribution in [0, 0.1) is 6.92 Å². The molecule has 0 radical (unpaired) electrons. The summed E-state index contributed by atoms with van der Waals surface area (Å²) >= 11 is 0. The van der Waals surface area contributed by atoms with Gasteiger partial charge < -0.3 is 19.7 Å². The van der Waals surface area contributed by atoms with Crippen molar-refractivity contribution >= 4 is 11.6 Å². The van der Waals surface area contributed by atoms with Crippen LogP contribution in [0.1, 0.15) is 23.1 Å². The maximum Gasteiger partial charge on any atom is 0.222 e. The lowest BCUT2D eigenvalue weighted by Gasteiger charge is -2.38. The van der Waals surface area contributed by atoms with E-state index in [1.807, 2.05) is 42.5 Å². The topological polar surface area (TPSA) is 50.8 Å². The molecule has 1 amide bonds. The molecule has 1 heterocycles. The van der Waals surface area contributed by atoms with Crippen LogP contribution in [-0.2, 0) is 17.9 Å². The molecule has 31 heavy (non-hydrogen) atoms. The molecule has 0 spiro atoms. The number of anilines is 1. The van der Waals surface area contributed by atoms with Gasteiger partial charge in [0.15, 0.2) is 0 Å². The third-order valence-corrected chi connectivity index (χ3v) is 5.56. The lowest BCUT2D eigenvalue weighted by atomic mass is 10.0. The van der Waals surface area contributed by atoms with Crippen molar-refractivity contribution in [2.24, 2.45) is 0 Å². The first-order valence-corrected chi connectivity index (χ1v) is 10.6. The minimum atomic E-state index is -0.0359. The molecule has 4 rings (SSSR count). The summed E-state index contributed by atoms with van der Waals surface area (Å²) in [5.74, 6) is 1.70. The van der Waals surface area contributed by atoms with E-state index < -0.39 is 0 Å². The second-order valence-electron chi connectivity index (χ2n) is 7.88. The number of methoxy groups -OCH3 is 1. The molecule has 5 heteroatoms. The predicted molar refractivity (Wildman–Crippen MR) is 123 cm³/mol. The van der Waals surface area contributed by atoms with E-state index in [1.54, 1.807) is 7.11 Å². The molecular weight excluding hydrogens is 388 g/mol. The van der Waals surface area contributed by atoms with Gasteiger partial charge in [0.1, 0.15) is 18.1 Å². The summed E-state index contributed by atoms with van der Waals surface area (Å²) in [5.41, 5.74) is 4.44. The summed E-state index contributed by atoms with van der Waals surface area (Å²) in [4.78, 5) is 15.0. The average molecular weight is 417 g/mol. The number of benzene rings is 3. The van der Waals surface area contributed by atoms with Crippen molar-refractivity contribution < 1.29 is 14.3 Å². The fourth-order valence-electron chi connectivity index (χ4n) is 3.84. The molecule has 1 aliphatic heterocycles. The summed E-state index contributed by atoms with van der Waals surface area (Å²) in [7, 11) is 1.64. The zero-order chi connectivity index (χ0) is 21.6. The van der Waals surface area contributed by atoms with Gasteiger partial charge in [-0.15, -0.1) is 0 Å². The van der Waals surface area contributed by atoms with Gasteiger partial charge in [0, 0.05) is 13.1 Å².